The number of alkyl halides is 1. The van der Waals surface area contributed by atoms with E-state index in [2.05, 4.69) is 0 Å². The minimum Gasteiger partial charge on any atom is -0.248 e. The van der Waals surface area contributed by atoms with Gasteiger partial charge in [0.15, 0.2) is 0 Å². The van der Waals surface area contributed by atoms with Gasteiger partial charge in [0.1, 0.15) is 0 Å². The summed E-state index contributed by atoms with van der Waals surface area (Å²) in [5, 5.41) is 0. The topological polar surface area (TPSA) is 0 Å². The van der Waals surface area contributed by atoms with Crippen LogP contribution in [-0.2, 0) is 0 Å². The van der Waals surface area contributed by atoms with Crippen molar-refractivity contribution in [3.8, 4) is 0 Å². The number of rotatable bonds is 1. The average Bonchev–Trinajstić information content (AvgIpc) is 1.38. The average molecular weight is 92.2 g/mol. The molecule has 0 aliphatic heterocycles. The van der Waals surface area contributed by atoms with E-state index >= 15 is 0 Å². The van der Waals surface area contributed by atoms with Crippen molar-refractivity contribution in [2.75, 3.05) is 0 Å². The zero-order valence-electron chi connectivity index (χ0n) is 3.66. The molecule has 0 aromatic rings. The van der Waals surface area contributed by atoms with E-state index in [9.17, 15) is 4.39 Å². The predicted molar refractivity (Wildman–Crippen MR) is 25.3 cm³/mol. The van der Waals surface area contributed by atoms with Crippen LogP contribution >= 0.6 is 0 Å². The van der Waals surface area contributed by atoms with Gasteiger partial charge in [0.2, 0.25) is 0 Å². The minimum absolute atomic E-state index is 0.554. The number of hydrogen-bond donors (Lipinski definition) is 0. The maximum atomic E-state index is 11.5. The van der Waals surface area contributed by atoms with Gasteiger partial charge in [-0.25, -0.2) is 4.39 Å². The maximum Gasteiger partial charge on any atom is 0.0942 e. The van der Waals surface area contributed by atoms with E-state index in [0.717, 1.165) is 16.3 Å². The first-order chi connectivity index (χ1) is 2.27. The fraction of sp³-hybridized carbons (Fsp3) is 1.00. The summed E-state index contributed by atoms with van der Waals surface area (Å²) >= 11 is 0. The summed E-state index contributed by atoms with van der Waals surface area (Å²) in [5.74, 6) is 0. The van der Waals surface area contributed by atoms with Crippen molar-refractivity contribution >= 4 is 10.2 Å². The molecule has 2 heteroatoms. The van der Waals surface area contributed by atoms with Crippen LogP contribution in [0.1, 0.15) is 6.92 Å². The van der Waals surface area contributed by atoms with E-state index in [1.165, 1.54) is 0 Å². The van der Waals surface area contributed by atoms with E-state index in [4.69, 9.17) is 0 Å². The van der Waals surface area contributed by atoms with Gasteiger partial charge in [0.25, 0.3) is 0 Å². The molecule has 0 heterocycles. The smallest absolute Gasteiger partial charge is 0.0942 e. The van der Waals surface area contributed by atoms with E-state index in [1.807, 2.05) is 0 Å². The van der Waals surface area contributed by atoms with Crippen LogP contribution in [0.3, 0.4) is 0 Å². The summed E-state index contributed by atoms with van der Waals surface area (Å²) in [4.78, 5) is 0. The lowest BCUT2D eigenvalue weighted by atomic mass is 10.5. The van der Waals surface area contributed by atoms with Crippen LogP contribution in [0.2, 0.25) is 6.04 Å². The Labute approximate surface area is 34.8 Å². The van der Waals surface area contributed by atoms with Gasteiger partial charge in [0.05, 0.1) is 6.17 Å². The summed E-state index contributed by atoms with van der Waals surface area (Å²) in [5.41, 5.74) is 0. The van der Waals surface area contributed by atoms with Crippen molar-refractivity contribution in [2.24, 2.45) is 0 Å². The lowest BCUT2D eigenvalue weighted by Gasteiger charge is -1.85. The first kappa shape index (κ1) is 5.15. The first-order valence-electron chi connectivity index (χ1n) is 1.91. The van der Waals surface area contributed by atoms with Crippen molar-refractivity contribution in [2.45, 2.75) is 19.1 Å². The van der Waals surface area contributed by atoms with E-state index < -0.39 is 6.17 Å². The summed E-state index contributed by atoms with van der Waals surface area (Å²) in [7, 11) is 0.998. The molecule has 0 saturated carbocycles. The lowest BCUT2D eigenvalue weighted by Crippen LogP contribution is -1.86. The molecule has 0 radical (unpaired) electrons. The molecule has 0 bridgehead atoms. The van der Waals surface area contributed by atoms with Gasteiger partial charge in [-0.2, -0.15) is 0 Å². The highest BCUT2D eigenvalue weighted by molar-refractivity contribution is 6.08. The molecule has 0 amide bonds. The summed E-state index contributed by atoms with van der Waals surface area (Å²) < 4.78 is 11.5. The second-order valence-electron chi connectivity index (χ2n) is 1.19. The second-order valence-corrected chi connectivity index (χ2v) is 2.01. The molecule has 0 aromatic carbocycles. The molecule has 0 spiro atoms. The fourth-order valence-electron chi connectivity index (χ4n) is 0. The van der Waals surface area contributed by atoms with E-state index in [0.29, 0.717) is 0 Å². The Kier molecular flexibility index (Phi) is 2.46. The molecule has 0 saturated heterocycles. The Morgan fingerprint density at radius 3 is 2.20 bits per heavy atom. The van der Waals surface area contributed by atoms with Crippen molar-refractivity contribution in [1.29, 1.82) is 0 Å². The molecule has 0 N–H and O–H groups in total. The maximum absolute atomic E-state index is 11.5. The molecule has 0 aliphatic carbocycles. The van der Waals surface area contributed by atoms with Crippen molar-refractivity contribution in [1.82, 2.24) is 0 Å². The third-order valence-electron chi connectivity index (χ3n) is 0.563. The summed E-state index contributed by atoms with van der Waals surface area (Å²) in [6, 6.07) is 0.778. The van der Waals surface area contributed by atoms with Crippen LogP contribution in [0, 0.1) is 0 Å². The third kappa shape index (κ3) is 4.15. The highest BCUT2D eigenvalue weighted by Gasteiger charge is 1.85. The Bertz CT molecular complexity index is 20.9. The van der Waals surface area contributed by atoms with Crippen molar-refractivity contribution < 1.29 is 4.39 Å². The number of halogens is 1. The lowest BCUT2D eigenvalue weighted by molar-refractivity contribution is 0.392. The van der Waals surface area contributed by atoms with Crippen LogP contribution in [-0.4, -0.2) is 16.4 Å². The van der Waals surface area contributed by atoms with Crippen LogP contribution in [0.5, 0.6) is 0 Å². The van der Waals surface area contributed by atoms with Gasteiger partial charge in [-0.05, 0) is 13.0 Å². The standard InChI is InChI=1S/C3H9FSi/c1-3(4)2-5/h3H,2H2,1,5H3. The van der Waals surface area contributed by atoms with Gasteiger partial charge in [0, 0.05) is 10.2 Å². The molecule has 5 heavy (non-hydrogen) atoms. The Balaban J connectivity index is 2.54. The fourth-order valence-corrected chi connectivity index (χ4v) is 0. The normalized spacial score (nSPS) is 15.6. The van der Waals surface area contributed by atoms with E-state index in [1.54, 1.807) is 6.92 Å². The zero-order valence-corrected chi connectivity index (χ0v) is 5.66. The first-order valence-corrected chi connectivity index (χ1v) is 3.33. The third-order valence-corrected chi connectivity index (χ3v) is 1.69. The van der Waals surface area contributed by atoms with Crippen molar-refractivity contribution in [3.05, 3.63) is 0 Å². The SMILES string of the molecule is CC(F)C[SiH3]. The second kappa shape index (κ2) is 2.39. The molecular formula is C3H9FSi. The summed E-state index contributed by atoms with van der Waals surface area (Å²) in [6.45, 7) is 1.59. The molecular weight excluding hydrogens is 83.1 g/mol. The Hall–Kier alpha value is 0.147. The molecule has 0 aromatic heterocycles. The minimum atomic E-state index is -0.554. The van der Waals surface area contributed by atoms with Gasteiger partial charge < -0.3 is 0 Å². The molecule has 0 aliphatic rings. The molecule has 0 fully saturated rings. The molecule has 0 rings (SSSR count). The van der Waals surface area contributed by atoms with Crippen molar-refractivity contribution in [3.63, 3.8) is 0 Å². The van der Waals surface area contributed by atoms with Gasteiger partial charge in [-0.1, -0.05) is 0 Å². The molecule has 1 unspecified atom stereocenters. The number of hydrogen-bond acceptors (Lipinski definition) is 0. The van der Waals surface area contributed by atoms with Gasteiger partial charge >= 0.3 is 0 Å². The predicted octanol–water partition coefficient (Wildman–Crippen LogP) is 0.128. The highest BCUT2D eigenvalue weighted by Crippen LogP contribution is 1.88. The largest absolute Gasteiger partial charge is 0.248 e. The van der Waals surface area contributed by atoms with Crippen LogP contribution in [0.15, 0.2) is 0 Å². The van der Waals surface area contributed by atoms with Crippen LogP contribution in [0.4, 0.5) is 4.39 Å². The van der Waals surface area contributed by atoms with Gasteiger partial charge in [-0.3, -0.25) is 0 Å². The van der Waals surface area contributed by atoms with Crippen LogP contribution < -0.4 is 0 Å². The highest BCUT2D eigenvalue weighted by atomic mass is 28.1. The molecule has 1 atom stereocenters. The summed E-state index contributed by atoms with van der Waals surface area (Å²) in [6.07, 6.45) is -0.554. The quantitative estimate of drug-likeness (QED) is 0.403. The van der Waals surface area contributed by atoms with Crippen LogP contribution in [0.25, 0.3) is 0 Å². The van der Waals surface area contributed by atoms with Gasteiger partial charge in [-0.15, -0.1) is 0 Å². The Morgan fingerprint density at radius 2 is 2.20 bits per heavy atom. The Morgan fingerprint density at radius 1 is 2.00 bits per heavy atom. The van der Waals surface area contributed by atoms with E-state index in [-0.39, 0.29) is 0 Å². The molecule has 32 valence electrons. The monoisotopic (exact) mass is 92.0 g/mol. The zero-order chi connectivity index (χ0) is 4.28. The molecule has 0 nitrogen and oxygen atoms in total.